The van der Waals surface area contributed by atoms with Gasteiger partial charge >= 0.3 is 0 Å². The SMILES string of the molecule is COc1cccc(C/C=C\c2ccc(N=O)c3c2C[C@H]2C[C@H]4CC(O)=C(C(N)=O)C(=O)[C@@]4(O)C(O)=C2C3=O)c1O. The van der Waals surface area contributed by atoms with Gasteiger partial charge in [0.15, 0.2) is 22.9 Å². The largest absolute Gasteiger partial charge is 0.511 e. The highest BCUT2D eigenvalue weighted by Gasteiger charge is 2.59. The highest BCUT2D eigenvalue weighted by Crippen LogP contribution is 2.51. The van der Waals surface area contributed by atoms with Crippen LogP contribution in [-0.2, 0) is 22.4 Å². The molecule has 0 spiro atoms. The van der Waals surface area contributed by atoms with Crippen LogP contribution in [0.4, 0.5) is 5.69 Å². The van der Waals surface area contributed by atoms with Crippen LogP contribution in [0.2, 0.25) is 0 Å². The summed E-state index contributed by atoms with van der Waals surface area (Å²) in [5, 5.41) is 46.2. The van der Waals surface area contributed by atoms with Crippen molar-refractivity contribution in [3.63, 3.8) is 0 Å². The number of carbonyl (C=O) groups excluding carboxylic acids is 3. The molecule has 11 nitrogen and oxygen atoms in total. The number of hydrogen-bond acceptors (Lipinski definition) is 10. The minimum atomic E-state index is -2.62. The Bertz CT molecular complexity index is 1590. The van der Waals surface area contributed by atoms with Gasteiger partial charge in [-0.25, -0.2) is 0 Å². The Kier molecular flexibility index (Phi) is 6.54. The molecule has 0 radical (unpaired) electrons. The fourth-order valence-corrected chi connectivity index (χ4v) is 6.09. The third kappa shape index (κ3) is 3.89. The third-order valence-corrected chi connectivity index (χ3v) is 8.02. The van der Waals surface area contributed by atoms with Crippen molar-refractivity contribution in [1.82, 2.24) is 0 Å². The number of hydrogen-bond donors (Lipinski definition) is 5. The first-order valence-corrected chi connectivity index (χ1v) is 12.5. The lowest BCUT2D eigenvalue weighted by Crippen LogP contribution is -2.57. The number of fused-ring (bicyclic) bond motifs is 3. The molecule has 11 heteroatoms. The first-order chi connectivity index (χ1) is 19.0. The number of allylic oxidation sites excluding steroid dienone is 3. The van der Waals surface area contributed by atoms with Crippen LogP contribution in [0.25, 0.3) is 6.08 Å². The van der Waals surface area contributed by atoms with Crippen LogP contribution >= 0.6 is 0 Å². The molecule has 0 saturated heterocycles. The minimum Gasteiger partial charge on any atom is -0.511 e. The van der Waals surface area contributed by atoms with Gasteiger partial charge < -0.3 is 30.9 Å². The van der Waals surface area contributed by atoms with E-state index < -0.39 is 52.0 Å². The van der Waals surface area contributed by atoms with Crippen molar-refractivity contribution in [2.75, 3.05) is 7.11 Å². The molecule has 40 heavy (non-hydrogen) atoms. The average molecular weight is 547 g/mol. The molecule has 206 valence electrons. The van der Waals surface area contributed by atoms with Crippen LogP contribution in [0.3, 0.4) is 0 Å². The quantitative estimate of drug-likeness (QED) is 0.267. The van der Waals surface area contributed by atoms with Crippen molar-refractivity contribution >= 4 is 29.2 Å². The van der Waals surface area contributed by atoms with Crippen LogP contribution in [0.15, 0.2) is 64.2 Å². The highest BCUT2D eigenvalue weighted by atomic mass is 16.5. The first kappa shape index (κ1) is 26.8. The summed E-state index contributed by atoms with van der Waals surface area (Å²) < 4.78 is 5.14. The molecule has 0 heterocycles. The predicted octanol–water partition coefficient (Wildman–Crippen LogP) is 3.24. The number of phenolic OH excluding ortho intramolecular Hbond substituents is 1. The lowest BCUT2D eigenvalue weighted by atomic mass is 9.60. The van der Waals surface area contributed by atoms with Gasteiger partial charge in [0.2, 0.25) is 5.78 Å². The Morgan fingerprint density at radius 2 is 1.93 bits per heavy atom. The number of nitroso groups, excluding NO2 is 1. The maximum Gasteiger partial charge on any atom is 0.255 e. The van der Waals surface area contributed by atoms with Crippen LogP contribution in [-0.4, -0.2) is 50.6 Å². The van der Waals surface area contributed by atoms with E-state index in [1.165, 1.54) is 13.2 Å². The molecule has 2 aromatic carbocycles. The smallest absolute Gasteiger partial charge is 0.255 e. The second-order valence-corrected chi connectivity index (χ2v) is 10.1. The van der Waals surface area contributed by atoms with Crippen molar-refractivity contribution < 1.29 is 39.5 Å². The first-order valence-electron chi connectivity index (χ1n) is 12.5. The molecule has 5 rings (SSSR count). The summed E-state index contributed by atoms with van der Waals surface area (Å²) in [5.41, 5.74) is 3.03. The molecule has 6 N–H and O–H groups in total. The number of aliphatic hydroxyl groups is 3. The number of nitrogens with zero attached hydrogens (tertiary/aromatic N) is 1. The number of phenols is 1. The number of benzene rings is 2. The Morgan fingerprint density at radius 1 is 1.18 bits per heavy atom. The Balaban J connectivity index is 1.56. The summed E-state index contributed by atoms with van der Waals surface area (Å²) in [4.78, 5) is 50.2. The monoisotopic (exact) mass is 546 g/mol. The van der Waals surface area contributed by atoms with Crippen molar-refractivity contribution in [2.24, 2.45) is 22.7 Å². The van der Waals surface area contributed by atoms with E-state index in [0.717, 1.165) is 0 Å². The summed E-state index contributed by atoms with van der Waals surface area (Å²) in [7, 11) is 1.45. The van der Waals surface area contributed by atoms with Gasteiger partial charge in [-0.3, -0.25) is 14.4 Å². The van der Waals surface area contributed by atoms with E-state index in [4.69, 9.17) is 10.5 Å². The number of amides is 1. The number of aliphatic hydroxyl groups excluding tert-OH is 2. The minimum absolute atomic E-state index is 0.00568. The zero-order chi connectivity index (χ0) is 28.9. The van der Waals surface area contributed by atoms with Gasteiger partial charge in [-0.05, 0) is 53.6 Å². The number of methoxy groups -OCH3 is 1. The van der Waals surface area contributed by atoms with Crippen LogP contribution < -0.4 is 10.5 Å². The van der Waals surface area contributed by atoms with Gasteiger partial charge in [-0.15, -0.1) is 4.91 Å². The van der Waals surface area contributed by atoms with Gasteiger partial charge in [-0.1, -0.05) is 30.4 Å². The maximum absolute atomic E-state index is 13.7. The van der Waals surface area contributed by atoms with E-state index >= 15 is 0 Å². The molecule has 0 aliphatic heterocycles. The van der Waals surface area contributed by atoms with E-state index in [2.05, 4.69) is 5.18 Å². The van der Waals surface area contributed by atoms with Crippen molar-refractivity contribution in [3.05, 3.63) is 86.2 Å². The molecule has 0 aromatic heterocycles. The van der Waals surface area contributed by atoms with Gasteiger partial charge in [0, 0.05) is 23.5 Å². The Morgan fingerprint density at radius 3 is 2.60 bits per heavy atom. The van der Waals surface area contributed by atoms with E-state index in [1.54, 1.807) is 36.4 Å². The molecule has 0 fully saturated rings. The molecule has 0 saturated carbocycles. The number of nitrogens with two attached hydrogens (primary N) is 1. The van der Waals surface area contributed by atoms with E-state index in [1.807, 2.05) is 0 Å². The number of primary amides is 1. The zero-order valence-corrected chi connectivity index (χ0v) is 21.4. The molecular weight excluding hydrogens is 520 g/mol. The summed E-state index contributed by atoms with van der Waals surface area (Å²) in [6.45, 7) is 0. The Hall–Kier alpha value is -4.77. The molecule has 3 aliphatic rings. The van der Waals surface area contributed by atoms with Gasteiger partial charge in [0.25, 0.3) is 5.91 Å². The fraction of sp³-hybridized carbons (Fsp3) is 0.276. The van der Waals surface area contributed by atoms with Crippen molar-refractivity contribution in [1.29, 1.82) is 0 Å². The summed E-state index contributed by atoms with van der Waals surface area (Å²) in [5.74, 6) is -6.13. The lowest BCUT2D eigenvalue weighted by Gasteiger charge is -2.45. The Labute approximate surface area is 227 Å². The number of para-hydroxylation sites is 1. The predicted molar refractivity (Wildman–Crippen MR) is 142 cm³/mol. The average Bonchev–Trinajstić information content (AvgIpc) is 2.91. The fourth-order valence-electron chi connectivity index (χ4n) is 6.09. The molecular formula is C29H26N2O9. The number of ether oxygens (including phenoxy) is 1. The molecule has 3 atom stereocenters. The van der Waals surface area contributed by atoms with Gasteiger partial charge in [0.05, 0.1) is 12.7 Å². The number of ketones is 2. The van der Waals surface area contributed by atoms with E-state index in [9.17, 15) is 39.7 Å². The zero-order valence-electron chi connectivity index (χ0n) is 21.4. The summed E-state index contributed by atoms with van der Waals surface area (Å²) in [6.07, 6.45) is 3.75. The second kappa shape index (κ2) is 9.76. The number of carbonyl (C=O) groups is 3. The third-order valence-electron chi connectivity index (χ3n) is 8.02. The topological polar surface area (TPSA) is 197 Å². The number of rotatable bonds is 6. The summed E-state index contributed by atoms with van der Waals surface area (Å²) in [6, 6.07) is 8.11. The lowest BCUT2D eigenvalue weighted by molar-refractivity contribution is -0.144. The molecule has 0 bridgehead atoms. The second-order valence-electron chi connectivity index (χ2n) is 10.1. The normalized spacial score (nSPS) is 24.1. The van der Waals surface area contributed by atoms with Crippen molar-refractivity contribution in [2.45, 2.75) is 31.3 Å². The molecule has 2 aromatic rings. The number of Topliss-reactive ketones (excluding diaryl/α,β-unsaturated/α-hetero) is 2. The summed E-state index contributed by atoms with van der Waals surface area (Å²) >= 11 is 0. The molecule has 3 aliphatic carbocycles. The van der Waals surface area contributed by atoms with E-state index in [0.29, 0.717) is 28.9 Å². The van der Waals surface area contributed by atoms with Gasteiger partial charge in [-0.2, -0.15) is 0 Å². The standard InChI is InChI=1S/C29H26N2O9/c1-40-20-7-3-6-14(24(20)33)5-2-4-13-8-9-18(31-39)22-17(13)11-15-10-16-12-19(32)23(28(30)37)27(36)29(16,38)26(35)21(15)25(22)34/h2-4,6-9,15-16,32-33,35,38H,5,10-12H2,1H3,(H2,30,37)/b4-2-/t15-,16+,29+/m1/s1. The molecule has 0 unspecified atom stereocenters. The van der Waals surface area contributed by atoms with E-state index in [-0.39, 0.29) is 41.8 Å². The van der Waals surface area contributed by atoms with Crippen LogP contribution in [0.5, 0.6) is 11.5 Å². The van der Waals surface area contributed by atoms with Crippen molar-refractivity contribution in [3.8, 4) is 11.5 Å². The maximum atomic E-state index is 13.7. The van der Waals surface area contributed by atoms with Crippen LogP contribution in [0.1, 0.15) is 39.9 Å². The van der Waals surface area contributed by atoms with Gasteiger partial charge in [0.1, 0.15) is 22.8 Å². The number of aromatic hydroxyl groups is 1. The highest BCUT2D eigenvalue weighted by molar-refractivity contribution is 6.24. The van der Waals surface area contributed by atoms with Crippen LogP contribution in [0, 0.1) is 16.7 Å². The molecule has 1 amide bonds.